The van der Waals surface area contributed by atoms with E-state index in [1.807, 2.05) is 13.8 Å². The van der Waals surface area contributed by atoms with Gasteiger partial charge in [-0.25, -0.2) is 4.79 Å². The van der Waals surface area contributed by atoms with Gasteiger partial charge in [0.25, 0.3) is 0 Å². The normalized spacial score (nSPS) is 15.4. The average molecular weight is 908 g/mol. The number of aliphatic carboxylic acids is 2. The predicted octanol–water partition coefficient (Wildman–Crippen LogP) is -1.90. The summed E-state index contributed by atoms with van der Waals surface area (Å²) in [5, 5.41) is 57.2. The Morgan fingerprint density at radius 3 is 1.61 bits per heavy atom. The number of aromatic hydroxyl groups is 1. The summed E-state index contributed by atoms with van der Waals surface area (Å²) < 4.78 is 0. The van der Waals surface area contributed by atoms with Crippen LogP contribution in [-0.4, -0.2) is 135 Å². The summed E-state index contributed by atoms with van der Waals surface area (Å²) in [6, 6.07) is -4.81. The second-order valence-electron chi connectivity index (χ2n) is 16.6. The number of rotatable bonds is 29. The van der Waals surface area contributed by atoms with Crippen molar-refractivity contribution in [2.75, 3.05) is 13.1 Å². The number of carbonyl (C=O) groups is 9. The fraction of sp³-hybridized carbons (Fsp3) is 0.643. The third-order valence-electron chi connectivity index (χ3n) is 10.2. The Morgan fingerprint density at radius 1 is 0.609 bits per heavy atom. The van der Waals surface area contributed by atoms with E-state index in [0.29, 0.717) is 24.8 Å². The van der Waals surface area contributed by atoms with Gasteiger partial charge in [0.05, 0.1) is 19.1 Å². The molecule has 9 atom stereocenters. The van der Waals surface area contributed by atoms with E-state index >= 15 is 0 Å². The van der Waals surface area contributed by atoms with E-state index < -0.39 is 120 Å². The molecule has 0 aromatic heterocycles. The molecule has 0 heterocycles. The SMILES string of the molecule is CC[C@H](C)[C@H](NC(=O)[C@H](CCCCN)NC(=O)[C@H](CC(=O)O)NC(=O)[C@H](Cc1ccc(O)cc1)NC(=O)[C@@H](NC(=O)[C@@H](NC(=O)[C@H](CC(C)C)NC(=O)CN)C(C)C)[C@@H](C)O)C(=O)O. The van der Waals surface area contributed by atoms with Crippen LogP contribution in [0, 0.1) is 17.8 Å². The van der Waals surface area contributed by atoms with E-state index in [4.69, 9.17) is 11.5 Å². The third kappa shape index (κ3) is 19.7. The van der Waals surface area contributed by atoms with E-state index in [0.717, 1.165) is 0 Å². The Balaban J connectivity index is 3.51. The number of aliphatic hydroxyl groups excluding tert-OH is 1. The van der Waals surface area contributed by atoms with Crippen LogP contribution >= 0.6 is 0 Å². The molecule has 0 unspecified atom stereocenters. The smallest absolute Gasteiger partial charge is 0.326 e. The predicted molar refractivity (Wildman–Crippen MR) is 233 cm³/mol. The maximum atomic E-state index is 14.0. The number of carbonyl (C=O) groups excluding carboxylic acids is 7. The number of carboxylic acid groups (broad SMARTS) is 2. The summed E-state index contributed by atoms with van der Waals surface area (Å²) in [6.45, 7) is 11.2. The standard InChI is InChI=1S/C42H69N9O13/c1-8-23(6)34(42(63)64)50-36(57)27(11-9-10-16-43)46-38(59)30(19-32(55)56)47-37(58)29(18-25-12-14-26(53)15-13-25)48-41(62)35(24(7)52)51-40(61)33(22(4)5)49-39(60)28(17-21(2)3)45-31(54)20-44/h12-15,21-24,27-30,33-35,52-53H,8-11,16-20,43-44H2,1-7H3,(H,45,54)(H,46,59)(H,47,58)(H,48,62)(H,49,60)(H,50,57)(H,51,61)(H,55,56)(H,63,64)/t23-,24+,27-,28-,29-,30-,33-,34-,35-/m0/s1. The quantitative estimate of drug-likeness (QED) is 0.0391. The van der Waals surface area contributed by atoms with Crippen LogP contribution in [0.15, 0.2) is 24.3 Å². The first-order chi connectivity index (χ1) is 29.9. The lowest BCUT2D eigenvalue weighted by Gasteiger charge is -2.29. The zero-order chi connectivity index (χ0) is 48.8. The molecule has 22 heteroatoms. The lowest BCUT2D eigenvalue weighted by atomic mass is 9.98. The highest BCUT2D eigenvalue weighted by atomic mass is 16.4. The van der Waals surface area contributed by atoms with Gasteiger partial charge in [-0.1, -0.05) is 60.1 Å². The van der Waals surface area contributed by atoms with Crippen molar-refractivity contribution in [2.45, 2.75) is 142 Å². The van der Waals surface area contributed by atoms with E-state index in [1.165, 1.54) is 31.2 Å². The second kappa shape index (κ2) is 28.0. The van der Waals surface area contributed by atoms with Gasteiger partial charge in [-0.15, -0.1) is 0 Å². The summed E-state index contributed by atoms with van der Waals surface area (Å²) in [7, 11) is 0. The van der Waals surface area contributed by atoms with Crippen LogP contribution < -0.4 is 48.7 Å². The minimum atomic E-state index is -1.85. The number of benzene rings is 1. The Labute approximate surface area is 373 Å². The molecule has 1 rings (SSSR count). The Bertz CT molecular complexity index is 1740. The van der Waals surface area contributed by atoms with Crippen LogP contribution in [0.3, 0.4) is 0 Å². The molecule has 0 aliphatic rings. The molecule has 0 aliphatic carbocycles. The molecule has 64 heavy (non-hydrogen) atoms. The van der Waals surface area contributed by atoms with Crippen LogP contribution in [0.2, 0.25) is 0 Å². The number of hydrogen-bond acceptors (Lipinski definition) is 13. The van der Waals surface area contributed by atoms with Gasteiger partial charge in [-0.2, -0.15) is 0 Å². The third-order valence-corrected chi connectivity index (χ3v) is 10.2. The average Bonchev–Trinajstić information content (AvgIpc) is 3.21. The van der Waals surface area contributed by atoms with Gasteiger partial charge in [0.2, 0.25) is 41.4 Å². The zero-order valence-corrected chi connectivity index (χ0v) is 37.6. The lowest BCUT2D eigenvalue weighted by Crippen LogP contribution is -2.62. The van der Waals surface area contributed by atoms with E-state index in [9.17, 15) is 63.6 Å². The molecule has 0 radical (unpaired) electrons. The summed E-state index contributed by atoms with van der Waals surface area (Å²) in [4.78, 5) is 118. The van der Waals surface area contributed by atoms with Crippen LogP contribution in [0.25, 0.3) is 0 Å². The zero-order valence-electron chi connectivity index (χ0n) is 37.6. The second-order valence-corrected chi connectivity index (χ2v) is 16.6. The van der Waals surface area contributed by atoms with Crippen molar-refractivity contribution in [3.05, 3.63) is 29.8 Å². The van der Waals surface area contributed by atoms with Gasteiger partial charge >= 0.3 is 11.9 Å². The number of carboxylic acids is 2. The minimum absolute atomic E-state index is 0.0218. The van der Waals surface area contributed by atoms with Crippen molar-refractivity contribution < 1.29 is 63.6 Å². The van der Waals surface area contributed by atoms with Crippen molar-refractivity contribution in [3.63, 3.8) is 0 Å². The molecule has 15 N–H and O–H groups in total. The van der Waals surface area contributed by atoms with Crippen LogP contribution in [0.1, 0.15) is 92.6 Å². The van der Waals surface area contributed by atoms with Crippen LogP contribution in [0.5, 0.6) is 5.75 Å². The summed E-state index contributed by atoms with van der Waals surface area (Å²) in [5.74, 6) is -10.5. The molecule has 7 amide bonds. The highest BCUT2D eigenvalue weighted by Crippen LogP contribution is 2.14. The number of nitrogens with one attached hydrogen (secondary N) is 7. The molecule has 0 fully saturated rings. The Hall–Kier alpha value is -5.87. The van der Waals surface area contributed by atoms with Crippen molar-refractivity contribution in [3.8, 4) is 5.75 Å². The molecule has 360 valence electrons. The Kier molecular flexibility index (Phi) is 24.6. The molecule has 1 aromatic rings. The topological polar surface area (TPSA) is 371 Å². The highest BCUT2D eigenvalue weighted by molar-refractivity contribution is 5.98. The fourth-order valence-electron chi connectivity index (χ4n) is 6.36. The summed E-state index contributed by atoms with van der Waals surface area (Å²) in [6.07, 6.45) is -1.61. The first kappa shape index (κ1) is 56.1. The molecule has 22 nitrogen and oxygen atoms in total. The number of phenolic OH excluding ortho intramolecular Hbond substituents is 1. The molecular formula is C42H69N9O13. The molecule has 0 bridgehead atoms. The number of unbranched alkanes of at least 4 members (excludes halogenated alkanes) is 1. The number of hydrogen-bond donors (Lipinski definition) is 13. The lowest BCUT2D eigenvalue weighted by molar-refractivity contribution is -0.144. The molecule has 0 saturated carbocycles. The molecule has 0 aliphatic heterocycles. The van der Waals surface area contributed by atoms with Gasteiger partial charge in [0.1, 0.15) is 48.0 Å². The molecule has 0 saturated heterocycles. The van der Waals surface area contributed by atoms with Gasteiger partial charge in [-0.3, -0.25) is 38.4 Å². The van der Waals surface area contributed by atoms with Crippen molar-refractivity contribution in [1.29, 1.82) is 0 Å². The monoisotopic (exact) mass is 908 g/mol. The number of aliphatic hydroxyl groups is 1. The summed E-state index contributed by atoms with van der Waals surface area (Å²) in [5.41, 5.74) is 11.4. The first-order valence-corrected chi connectivity index (χ1v) is 21.4. The van der Waals surface area contributed by atoms with Crippen molar-refractivity contribution >= 4 is 53.3 Å². The van der Waals surface area contributed by atoms with Gasteiger partial charge in [0.15, 0.2) is 0 Å². The van der Waals surface area contributed by atoms with Gasteiger partial charge in [0, 0.05) is 6.42 Å². The first-order valence-electron chi connectivity index (χ1n) is 21.4. The van der Waals surface area contributed by atoms with Gasteiger partial charge in [-0.05, 0) is 74.6 Å². The summed E-state index contributed by atoms with van der Waals surface area (Å²) >= 11 is 0. The largest absolute Gasteiger partial charge is 0.508 e. The van der Waals surface area contributed by atoms with Crippen LogP contribution in [-0.2, 0) is 49.6 Å². The Morgan fingerprint density at radius 2 is 1.11 bits per heavy atom. The molecule has 0 spiro atoms. The van der Waals surface area contributed by atoms with Crippen molar-refractivity contribution in [1.82, 2.24) is 37.2 Å². The van der Waals surface area contributed by atoms with Crippen LogP contribution in [0.4, 0.5) is 0 Å². The number of nitrogens with two attached hydrogens (primary N) is 2. The number of amides is 7. The molecule has 1 aromatic carbocycles. The number of phenols is 1. The van der Waals surface area contributed by atoms with E-state index in [1.54, 1.807) is 27.7 Å². The van der Waals surface area contributed by atoms with Crippen molar-refractivity contribution in [2.24, 2.45) is 29.2 Å². The highest BCUT2D eigenvalue weighted by Gasteiger charge is 2.37. The maximum absolute atomic E-state index is 14.0. The molecular weight excluding hydrogens is 839 g/mol. The minimum Gasteiger partial charge on any atom is -0.508 e. The van der Waals surface area contributed by atoms with Gasteiger partial charge < -0.3 is 69.1 Å². The maximum Gasteiger partial charge on any atom is 0.326 e. The fourth-order valence-corrected chi connectivity index (χ4v) is 6.36. The van der Waals surface area contributed by atoms with E-state index in [-0.39, 0.29) is 44.0 Å². The van der Waals surface area contributed by atoms with E-state index in [2.05, 4.69) is 37.2 Å².